The predicted octanol–water partition coefficient (Wildman–Crippen LogP) is 2.23. The highest BCUT2D eigenvalue weighted by atomic mass is 19.4. The molecule has 3 nitrogen and oxygen atoms in total. The van der Waals surface area contributed by atoms with Crippen LogP contribution in [-0.2, 0) is 16.4 Å². The average Bonchev–Trinajstić information content (AvgIpc) is 3.16. The fourth-order valence-corrected chi connectivity index (χ4v) is 2.17. The van der Waals surface area contributed by atoms with Crippen LogP contribution in [0.1, 0.15) is 30.9 Å². The molecule has 1 amide bonds. The van der Waals surface area contributed by atoms with E-state index in [0.29, 0.717) is 18.4 Å². The highest BCUT2D eigenvalue weighted by molar-refractivity contribution is 5.91. The van der Waals surface area contributed by atoms with E-state index in [1.165, 1.54) is 13.0 Å². The number of rotatable bonds is 4. The largest absolute Gasteiger partial charge is 0.416 e. The lowest BCUT2D eigenvalue weighted by Crippen LogP contribution is -2.38. The molecule has 1 atom stereocenters. The van der Waals surface area contributed by atoms with Gasteiger partial charge in [0.1, 0.15) is 0 Å². The van der Waals surface area contributed by atoms with E-state index in [4.69, 9.17) is 5.11 Å². The number of halogens is 3. The Kier molecular flexibility index (Phi) is 3.77. The lowest BCUT2D eigenvalue weighted by molar-refractivity contribution is -0.137. The Hall–Kier alpha value is -1.56. The number of nitrogens with one attached hydrogen (secondary N) is 1. The summed E-state index contributed by atoms with van der Waals surface area (Å²) in [6.07, 6.45) is -4.04. The quantitative estimate of drug-likeness (QED) is 0.892. The summed E-state index contributed by atoms with van der Waals surface area (Å²) < 4.78 is 38.1. The van der Waals surface area contributed by atoms with Crippen LogP contribution in [0, 0.1) is 0 Å². The number of aliphatic hydroxyl groups is 1. The summed E-state index contributed by atoms with van der Waals surface area (Å²) in [4.78, 5) is 12.1. The van der Waals surface area contributed by atoms with Crippen molar-refractivity contribution in [2.45, 2.75) is 37.5 Å². The Morgan fingerprint density at radius 3 is 2.60 bits per heavy atom. The topological polar surface area (TPSA) is 49.3 Å². The minimum absolute atomic E-state index is 0.0968. The molecule has 2 N–H and O–H groups in total. The third kappa shape index (κ3) is 2.95. The molecule has 1 aliphatic carbocycles. The molecule has 6 heteroatoms. The molecule has 110 valence electrons. The van der Waals surface area contributed by atoms with Crippen LogP contribution in [-0.4, -0.2) is 23.7 Å². The summed E-state index contributed by atoms with van der Waals surface area (Å²) in [5, 5.41) is 11.7. The van der Waals surface area contributed by atoms with Crippen LogP contribution in [0.15, 0.2) is 24.3 Å². The molecule has 1 saturated carbocycles. The maximum atomic E-state index is 12.7. The second-order valence-electron chi connectivity index (χ2n) is 5.22. The molecule has 2 rings (SSSR count). The monoisotopic (exact) mass is 287 g/mol. The standard InChI is InChI=1S/C14H16F3NO2/c1-9(19)8-18-12(20)13(5-6-13)10-3-2-4-11(7-10)14(15,16)17/h2-4,7,9,19H,5-6,8H2,1H3,(H,18,20). The first-order valence-corrected chi connectivity index (χ1v) is 6.40. The molecule has 20 heavy (non-hydrogen) atoms. The number of hydrogen-bond donors (Lipinski definition) is 2. The molecule has 1 unspecified atom stereocenters. The molecular formula is C14H16F3NO2. The second kappa shape index (κ2) is 5.09. The lowest BCUT2D eigenvalue weighted by Gasteiger charge is -2.18. The Morgan fingerprint density at radius 2 is 2.10 bits per heavy atom. The Balaban J connectivity index is 2.20. The van der Waals surface area contributed by atoms with E-state index in [9.17, 15) is 18.0 Å². The van der Waals surface area contributed by atoms with Gasteiger partial charge in [-0.15, -0.1) is 0 Å². The van der Waals surface area contributed by atoms with Crippen LogP contribution in [0.5, 0.6) is 0 Å². The van der Waals surface area contributed by atoms with Crippen molar-refractivity contribution in [3.8, 4) is 0 Å². The van der Waals surface area contributed by atoms with Crippen LogP contribution in [0.3, 0.4) is 0 Å². The highest BCUT2D eigenvalue weighted by Crippen LogP contribution is 2.49. The van der Waals surface area contributed by atoms with Crippen molar-refractivity contribution in [3.05, 3.63) is 35.4 Å². The Morgan fingerprint density at radius 1 is 1.45 bits per heavy atom. The van der Waals surface area contributed by atoms with Crippen LogP contribution < -0.4 is 5.32 Å². The Labute approximate surface area is 114 Å². The van der Waals surface area contributed by atoms with Crippen molar-refractivity contribution >= 4 is 5.91 Å². The minimum Gasteiger partial charge on any atom is -0.392 e. The van der Waals surface area contributed by atoms with E-state index in [1.54, 1.807) is 6.07 Å². The molecule has 0 aromatic heterocycles. The van der Waals surface area contributed by atoms with Gasteiger partial charge in [-0.2, -0.15) is 13.2 Å². The van der Waals surface area contributed by atoms with Crippen molar-refractivity contribution in [1.82, 2.24) is 5.32 Å². The van der Waals surface area contributed by atoms with Crippen LogP contribution in [0.25, 0.3) is 0 Å². The first kappa shape index (κ1) is 14.8. The Bertz CT molecular complexity index is 507. The van der Waals surface area contributed by atoms with E-state index >= 15 is 0 Å². The zero-order valence-corrected chi connectivity index (χ0v) is 11.0. The van der Waals surface area contributed by atoms with E-state index in [0.717, 1.165) is 12.1 Å². The number of amides is 1. The number of carbonyl (C=O) groups excluding carboxylic acids is 1. The van der Waals surface area contributed by atoms with Crippen LogP contribution >= 0.6 is 0 Å². The zero-order chi connectivity index (χ0) is 15.0. The van der Waals surface area contributed by atoms with Gasteiger partial charge in [0.15, 0.2) is 0 Å². The molecule has 0 spiro atoms. The summed E-state index contributed by atoms with van der Waals surface area (Å²) in [5.41, 5.74) is -1.23. The molecule has 0 heterocycles. The summed E-state index contributed by atoms with van der Waals surface area (Å²) in [5.74, 6) is -0.322. The first-order chi connectivity index (χ1) is 9.25. The fraction of sp³-hybridized carbons (Fsp3) is 0.500. The van der Waals surface area contributed by atoms with Crippen LogP contribution in [0.2, 0.25) is 0 Å². The normalized spacial score (nSPS) is 18.4. The van der Waals surface area contributed by atoms with Gasteiger partial charge < -0.3 is 10.4 Å². The smallest absolute Gasteiger partial charge is 0.392 e. The predicted molar refractivity (Wildman–Crippen MR) is 67.0 cm³/mol. The summed E-state index contributed by atoms with van der Waals surface area (Å²) in [6.45, 7) is 1.63. The number of hydrogen-bond acceptors (Lipinski definition) is 2. The van der Waals surface area contributed by atoms with Crippen LogP contribution in [0.4, 0.5) is 13.2 Å². The number of benzene rings is 1. The highest BCUT2D eigenvalue weighted by Gasteiger charge is 2.51. The number of aliphatic hydroxyl groups excluding tert-OH is 1. The van der Waals surface area contributed by atoms with E-state index in [1.807, 2.05) is 0 Å². The van der Waals surface area contributed by atoms with Gasteiger partial charge in [0.25, 0.3) is 0 Å². The van der Waals surface area contributed by atoms with Gasteiger partial charge in [0, 0.05) is 6.54 Å². The molecule has 1 aliphatic rings. The van der Waals surface area contributed by atoms with E-state index < -0.39 is 23.3 Å². The van der Waals surface area contributed by atoms with E-state index in [2.05, 4.69) is 5.32 Å². The zero-order valence-electron chi connectivity index (χ0n) is 11.0. The maximum absolute atomic E-state index is 12.7. The number of carbonyl (C=O) groups is 1. The van der Waals surface area contributed by atoms with Crippen molar-refractivity contribution < 1.29 is 23.1 Å². The summed E-state index contributed by atoms with van der Waals surface area (Å²) in [7, 11) is 0. The average molecular weight is 287 g/mol. The summed E-state index contributed by atoms with van der Waals surface area (Å²) >= 11 is 0. The van der Waals surface area contributed by atoms with Gasteiger partial charge in [-0.05, 0) is 31.4 Å². The van der Waals surface area contributed by atoms with Gasteiger partial charge in [-0.25, -0.2) is 0 Å². The molecule has 0 bridgehead atoms. The van der Waals surface area contributed by atoms with Gasteiger partial charge in [0.05, 0.1) is 17.1 Å². The first-order valence-electron chi connectivity index (χ1n) is 6.40. The molecular weight excluding hydrogens is 271 g/mol. The third-order valence-electron chi connectivity index (χ3n) is 3.49. The summed E-state index contributed by atoms with van der Waals surface area (Å²) in [6, 6.07) is 4.90. The van der Waals surface area contributed by atoms with Gasteiger partial charge in [-0.1, -0.05) is 18.2 Å². The number of alkyl halides is 3. The van der Waals surface area contributed by atoms with Crippen molar-refractivity contribution in [2.75, 3.05) is 6.54 Å². The van der Waals surface area contributed by atoms with Crippen molar-refractivity contribution in [2.24, 2.45) is 0 Å². The second-order valence-corrected chi connectivity index (χ2v) is 5.22. The lowest BCUT2D eigenvalue weighted by atomic mass is 9.93. The van der Waals surface area contributed by atoms with Gasteiger partial charge in [0.2, 0.25) is 5.91 Å². The molecule has 0 radical (unpaired) electrons. The fourth-order valence-electron chi connectivity index (χ4n) is 2.17. The molecule has 0 saturated heterocycles. The molecule has 1 aromatic rings. The third-order valence-corrected chi connectivity index (χ3v) is 3.49. The van der Waals surface area contributed by atoms with E-state index in [-0.39, 0.29) is 12.5 Å². The molecule has 1 fully saturated rings. The molecule has 1 aromatic carbocycles. The van der Waals surface area contributed by atoms with Gasteiger partial charge in [-0.3, -0.25) is 4.79 Å². The SMILES string of the molecule is CC(O)CNC(=O)C1(c2cccc(C(F)(F)F)c2)CC1. The maximum Gasteiger partial charge on any atom is 0.416 e. The van der Waals surface area contributed by atoms with Crippen molar-refractivity contribution in [3.63, 3.8) is 0 Å². The minimum atomic E-state index is -4.41. The molecule has 0 aliphatic heterocycles. The van der Waals surface area contributed by atoms with Crippen molar-refractivity contribution in [1.29, 1.82) is 0 Å². The van der Waals surface area contributed by atoms with Gasteiger partial charge >= 0.3 is 6.18 Å².